The van der Waals surface area contributed by atoms with Gasteiger partial charge in [0, 0.05) is 127 Å². The van der Waals surface area contributed by atoms with Gasteiger partial charge in [-0.3, -0.25) is 19.1 Å². The second-order valence-electron chi connectivity index (χ2n) is 45.7. The van der Waals surface area contributed by atoms with Gasteiger partial charge in [-0.1, -0.05) is 421 Å². The number of para-hydroxylation sites is 6. The summed E-state index contributed by atoms with van der Waals surface area (Å²) in [6.45, 7) is 44.6. The Morgan fingerprint density at radius 2 is 0.565 bits per heavy atom. The van der Waals surface area contributed by atoms with Crippen LogP contribution in [0.25, 0.3) is 189 Å². The third kappa shape index (κ3) is 19.1. The summed E-state index contributed by atoms with van der Waals surface area (Å²) < 4.78 is 9.17. The van der Waals surface area contributed by atoms with Crippen LogP contribution >= 0.6 is 0 Å². The Hall–Kier alpha value is -14.7. The van der Waals surface area contributed by atoms with E-state index < -0.39 is 5.41 Å². The summed E-state index contributed by atoms with van der Waals surface area (Å²) in [6, 6.07) is 137. The molecule has 6 heterocycles. The first kappa shape index (κ1) is 101. The average Bonchev–Trinajstić information content (AvgIpc) is 1.59. The summed E-state index contributed by atoms with van der Waals surface area (Å²) in [4.78, 5) is 22.0. The van der Waals surface area contributed by atoms with Gasteiger partial charge in [0.25, 0.3) is 0 Å². The maximum Gasteiger partial charge on any atom is 0.148 e. The molecule has 6 aromatic heterocycles. The van der Waals surface area contributed by atoms with E-state index in [0.29, 0.717) is 22.8 Å². The molecule has 0 aliphatic heterocycles. The molecule has 0 saturated heterocycles. The Kier molecular flexibility index (Phi) is 26.8. The van der Waals surface area contributed by atoms with Gasteiger partial charge in [-0.25, -0.2) is 9.97 Å². The van der Waals surface area contributed by atoms with Crippen molar-refractivity contribution in [3.05, 3.63) is 433 Å². The number of fused-ring (bicyclic) bond motifs is 8. The second kappa shape index (κ2) is 38.9. The molecular weight excluding hydrogens is 2160 g/mol. The standard InChI is InChI=1S/C69H65N4O.C66H59N4O.2Pt/c1-66(2,3)48-34-35-60(54(39-48)44-24-15-12-16-25-44)73-61-33-23-31-52(63(61)71-65(73)56-40-49(67(4,5)6)41-57(64(56)74)68(7,8)9)45-36-46(38-50(37-45)69(10,11)47-26-17-13-18-27-47)58-42-55-53-30-21-22-32-59(53)72(62(55)43-70-58)51-28-19-14-20-29-51;1-64(2,3)47-32-33-58(52(37-47)43-24-15-11-16-25-43)70-59-31-21-29-50(61(59)68-63(70)54-38-48(65(4,5)6)39-55(62(54)71)66(7,8)9)45-34-44(42-22-13-10-14-23-42)35-46(36-45)56-40-53-51-28-19-20-30-57(51)69(60(53)41-67-56)49-26-17-12-18-27-49;;/h12-35,37-43,74H,1-11H3;10-35,37-41,71H,1-9H3;;/q2*-1;;. The molecule has 0 bridgehead atoms. The van der Waals surface area contributed by atoms with E-state index in [1.807, 2.05) is 12.4 Å². The van der Waals surface area contributed by atoms with Crippen molar-refractivity contribution in [1.29, 1.82) is 0 Å². The Morgan fingerprint density at radius 3 is 0.959 bits per heavy atom. The number of pyridine rings is 2. The SMILES string of the molecule is CC(C)(C)c1ccc(-n2c(-c3cc(C(C)(C)C)cc(C(C)(C)C)c3O)nc3c(-c4[c-]c(-c5cc6c7ccccc7n(-c7ccccc7)c6cn5)cc(-c5ccccc5)c4)cccc32)c(-c2ccccc2)c1.CC(C)(C)c1ccc(-n2c(-c3cc(C(C)(C)C)cc(C(C)(C)C)c3O)nc3c(-c4[c-]c(-c5cc6c7ccccc7n(-c7ccccc7)c6cn5)cc(C(C)(C)c5ccccc5)c4)cccc32)c(-c2ccccc2)c1.[Pt].[Pt]. The molecule has 2 N–H and O–H groups in total. The zero-order valence-electron chi connectivity index (χ0n) is 87.4. The fourth-order valence-electron chi connectivity index (χ4n) is 20.8. The molecule has 10 nitrogen and oxygen atoms in total. The largest absolute Gasteiger partial charge is 0.507 e. The van der Waals surface area contributed by atoms with E-state index in [0.717, 1.165) is 194 Å². The summed E-state index contributed by atoms with van der Waals surface area (Å²) in [5.74, 6) is 1.83. The summed E-state index contributed by atoms with van der Waals surface area (Å²) >= 11 is 0. The third-order valence-electron chi connectivity index (χ3n) is 29.1. The van der Waals surface area contributed by atoms with Crippen LogP contribution in [0.15, 0.2) is 376 Å². The first-order valence-electron chi connectivity index (χ1n) is 50.7. The van der Waals surface area contributed by atoms with Crippen molar-refractivity contribution in [2.45, 2.75) is 176 Å². The summed E-state index contributed by atoms with van der Waals surface area (Å²) in [7, 11) is 0. The van der Waals surface area contributed by atoms with Gasteiger partial charge in [-0.05, 0) is 162 Å². The Balaban J connectivity index is 0.000000183. The predicted octanol–water partition coefficient (Wildman–Crippen LogP) is 35.2. The molecule has 0 amide bonds. The number of rotatable bonds is 15. The van der Waals surface area contributed by atoms with E-state index in [1.54, 1.807) is 0 Å². The van der Waals surface area contributed by atoms with Crippen molar-refractivity contribution in [3.8, 4) is 135 Å². The molecule has 738 valence electrons. The van der Waals surface area contributed by atoms with Crippen molar-refractivity contribution in [3.63, 3.8) is 0 Å². The van der Waals surface area contributed by atoms with E-state index in [1.165, 1.54) is 16.7 Å². The topological polar surface area (TPSA) is 112 Å². The summed E-state index contributed by atoms with van der Waals surface area (Å²) in [5.41, 5.74) is 34.1. The Morgan fingerprint density at radius 1 is 0.231 bits per heavy atom. The molecule has 16 aromatic carbocycles. The van der Waals surface area contributed by atoms with Crippen molar-refractivity contribution in [2.24, 2.45) is 0 Å². The van der Waals surface area contributed by atoms with Gasteiger partial charge in [-0.15, -0.1) is 53.1 Å². The van der Waals surface area contributed by atoms with E-state index in [2.05, 4.69) is 533 Å². The second-order valence-corrected chi connectivity index (χ2v) is 45.7. The van der Waals surface area contributed by atoms with Crippen LogP contribution in [0, 0.1) is 12.1 Å². The fourth-order valence-corrected chi connectivity index (χ4v) is 20.8. The van der Waals surface area contributed by atoms with Gasteiger partial charge in [0.15, 0.2) is 0 Å². The van der Waals surface area contributed by atoms with E-state index in [4.69, 9.17) is 19.9 Å². The minimum Gasteiger partial charge on any atom is -0.507 e. The minimum absolute atomic E-state index is 0. The normalized spacial score (nSPS) is 12.3. The number of hydrogen-bond donors (Lipinski definition) is 2. The predicted molar refractivity (Wildman–Crippen MR) is 607 cm³/mol. The number of hydrogen-bond acceptors (Lipinski definition) is 6. The molecule has 0 spiro atoms. The van der Waals surface area contributed by atoms with Crippen LogP contribution in [0.1, 0.15) is 183 Å². The maximum atomic E-state index is 12.7. The number of benzene rings is 16. The molecule has 0 aliphatic rings. The van der Waals surface area contributed by atoms with Crippen LogP contribution < -0.4 is 0 Å². The summed E-state index contributed by atoms with van der Waals surface area (Å²) in [5, 5.41) is 30.0. The number of phenolic OH excluding ortho intramolecular Hbond substituents is 2. The molecule has 147 heavy (non-hydrogen) atoms. The number of aromatic nitrogens is 8. The van der Waals surface area contributed by atoms with Crippen LogP contribution in [0.3, 0.4) is 0 Å². The van der Waals surface area contributed by atoms with E-state index in [-0.39, 0.29) is 86.1 Å². The number of nitrogens with zero attached hydrogens (tertiary/aromatic N) is 8. The van der Waals surface area contributed by atoms with Gasteiger partial charge in [0.1, 0.15) is 23.1 Å². The zero-order chi connectivity index (χ0) is 101. The first-order chi connectivity index (χ1) is 69.3. The molecule has 12 heteroatoms. The first-order valence-corrected chi connectivity index (χ1v) is 50.7. The number of phenols is 2. The van der Waals surface area contributed by atoms with Gasteiger partial charge < -0.3 is 19.3 Å². The van der Waals surface area contributed by atoms with Gasteiger partial charge in [0.05, 0.1) is 66.6 Å². The molecule has 0 saturated carbocycles. The van der Waals surface area contributed by atoms with Crippen LogP contribution in [0.5, 0.6) is 11.5 Å². The van der Waals surface area contributed by atoms with Crippen LogP contribution in [0.4, 0.5) is 0 Å². The zero-order valence-corrected chi connectivity index (χ0v) is 91.9. The minimum atomic E-state index is -0.395. The maximum absolute atomic E-state index is 12.7. The van der Waals surface area contributed by atoms with Gasteiger partial charge in [-0.2, -0.15) is 0 Å². The molecule has 0 aliphatic carbocycles. The van der Waals surface area contributed by atoms with Crippen LogP contribution in [-0.2, 0) is 80.0 Å². The van der Waals surface area contributed by atoms with Crippen molar-refractivity contribution < 1.29 is 52.3 Å². The van der Waals surface area contributed by atoms with Crippen LogP contribution in [-0.4, -0.2) is 48.4 Å². The van der Waals surface area contributed by atoms with E-state index >= 15 is 0 Å². The summed E-state index contributed by atoms with van der Waals surface area (Å²) in [6.07, 6.45) is 4.03. The number of aromatic hydroxyl groups is 2. The van der Waals surface area contributed by atoms with Crippen LogP contribution in [0.2, 0.25) is 0 Å². The quantitative estimate of drug-likeness (QED) is 0.0989. The third-order valence-corrected chi connectivity index (χ3v) is 29.1. The van der Waals surface area contributed by atoms with E-state index in [9.17, 15) is 10.2 Å². The molecule has 0 fully saturated rings. The Labute approximate surface area is 893 Å². The molecule has 0 atom stereocenters. The molecule has 0 unspecified atom stereocenters. The number of imidazole rings is 2. The van der Waals surface area contributed by atoms with Crippen molar-refractivity contribution >= 4 is 65.7 Å². The van der Waals surface area contributed by atoms with Crippen molar-refractivity contribution in [2.75, 3.05) is 0 Å². The molecule has 22 aromatic rings. The monoisotopic (exact) mass is 2280 g/mol. The molecule has 0 radical (unpaired) electrons. The van der Waals surface area contributed by atoms with Crippen molar-refractivity contribution in [1.82, 2.24) is 38.2 Å². The van der Waals surface area contributed by atoms with Gasteiger partial charge in [0.2, 0.25) is 0 Å². The Bertz CT molecular complexity index is 8750. The smallest absolute Gasteiger partial charge is 0.148 e. The molecular formula is C135H124N8O2Pt2-2. The van der Waals surface area contributed by atoms with Gasteiger partial charge >= 0.3 is 0 Å². The average molecular weight is 2280 g/mol. The fraction of sp³-hybridized carbons (Fsp3) is 0.200. The molecule has 22 rings (SSSR count).